The Balaban J connectivity index is 4.43. The Morgan fingerprint density at radius 1 is 0.571 bits per heavy atom. The van der Waals surface area contributed by atoms with Crippen molar-refractivity contribution in [2.75, 3.05) is 0 Å². The van der Waals surface area contributed by atoms with E-state index in [0.29, 0.717) is 0 Å². The van der Waals surface area contributed by atoms with Crippen molar-refractivity contribution in [3.05, 3.63) is 0 Å². The summed E-state index contributed by atoms with van der Waals surface area (Å²) in [6, 6.07) is 0. The minimum atomic E-state index is -5.54. The average Bonchev–Trinajstić information content (AvgIpc) is 0.592. The summed E-state index contributed by atoms with van der Waals surface area (Å²) in [6.07, 6.45) is 0. The zero-order valence-corrected chi connectivity index (χ0v) is 10.5. The molecule has 7 heteroatoms. The molecule has 0 unspecified atom stereocenters. The van der Waals surface area contributed by atoms with Crippen LogP contribution in [0.2, 0.25) is 0 Å². The van der Waals surface area contributed by atoms with Crippen LogP contribution in [0.15, 0.2) is 0 Å². The monoisotopic (exact) mass is 274 g/mol. The summed E-state index contributed by atoms with van der Waals surface area (Å²) < 4.78 is 0. The van der Waals surface area contributed by atoms with E-state index < -0.39 is 6.48 Å². The van der Waals surface area contributed by atoms with Crippen molar-refractivity contribution >= 4 is 58.1 Å². The van der Waals surface area contributed by atoms with Gasteiger partial charge in [-0.1, -0.05) is 0 Å². The van der Waals surface area contributed by atoms with Crippen molar-refractivity contribution in [3.63, 3.8) is 0 Å². The Bertz CT molecular complexity index is 62.7. The van der Waals surface area contributed by atoms with Gasteiger partial charge < -0.3 is 0 Å². The Morgan fingerprint density at radius 2 is 0.571 bits per heavy atom. The van der Waals surface area contributed by atoms with Crippen molar-refractivity contribution in [1.82, 2.24) is 0 Å². The van der Waals surface area contributed by atoms with E-state index in [1.807, 2.05) is 0 Å². The zero-order valence-electron chi connectivity index (χ0n) is 2.97. The minimum absolute atomic E-state index is 5.08. The first-order valence-corrected chi connectivity index (χ1v) is 25.0. The van der Waals surface area contributed by atoms with Crippen LogP contribution in [-0.2, 0) is 6.48 Å². The molecule has 0 aromatic heterocycles. The van der Waals surface area contributed by atoms with Gasteiger partial charge in [0.25, 0.3) is 0 Å². The molecule has 0 radical (unpaired) electrons. The number of halogens is 6. The Labute approximate surface area is 63.9 Å². The molecule has 0 aromatic carbocycles. The fourth-order valence-electron chi connectivity index (χ4n) is 0. The van der Waals surface area contributed by atoms with Crippen LogP contribution in [0.1, 0.15) is 0 Å². The van der Waals surface area contributed by atoms with Crippen molar-refractivity contribution < 1.29 is 6.48 Å². The molecule has 44 valence electrons. The number of hydrogen-bond donors (Lipinski definition) is 0. The van der Waals surface area contributed by atoms with E-state index in [2.05, 4.69) is 0 Å². The fraction of sp³-hybridized carbons (Fsp3) is 0. The molecule has 0 saturated carbocycles. The number of rotatable bonds is 0. The Kier molecular flexibility index (Phi) is 2.01. The fourth-order valence-corrected chi connectivity index (χ4v) is 0. The SMILES string of the molecule is [Cl][Zn]([Cl])([Cl])([Cl])([Cl])[Cl]. The summed E-state index contributed by atoms with van der Waals surface area (Å²) in [7, 11) is 30.5. The van der Waals surface area contributed by atoms with Crippen LogP contribution < -0.4 is 0 Å². The van der Waals surface area contributed by atoms with Gasteiger partial charge in [-0.2, -0.15) is 0 Å². The molecule has 0 fully saturated rings. The van der Waals surface area contributed by atoms with Crippen LogP contribution in [0.3, 0.4) is 0 Å². The van der Waals surface area contributed by atoms with E-state index in [-0.39, 0.29) is 0 Å². The van der Waals surface area contributed by atoms with E-state index in [4.69, 9.17) is 58.1 Å². The van der Waals surface area contributed by atoms with Gasteiger partial charge in [0.1, 0.15) is 0 Å². The maximum atomic E-state index is 5.08. The molecule has 0 amide bonds. The van der Waals surface area contributed by atoms with Crippen molar-refractivity contribution in [1.29, 1.82) is 0 Å². The molecule has 0 rings (SSSR count). The molecule has 0 bridgehead atoms. The summed E-state index contributed by atoms with van der Waals surface area (Å²) in [4.78, 5) is 0. The van der Waals surface area contributed by atoms with Gasteiger partial charge >= 0.3 is 64.6 Å². The second-order valence-electron chi connectivity index (χ2n) is 1.52. The molecule has 0 aliphatic rings. The van der Waals surface area contributed by atoms with Crippen LogP contribution in [-0.4, -0.2) is 0 Å². The van der Waals surface area contributed by atoms with Gasteiger partial charge in [-0.15, -0.1) is 0 Å². The van der Waals surface area contributed by atoms with Crippen LogP contribution in [0.5, 0.6) is 0 Å². The van der Waals surface area contributed by atoms with E-state index in [1.165, 1.54) is 0 Å². The Morgan fingerprint density at radius 3 is 0.571 bits per heavy atom. The first kappa shape index (κ1) is 9.36. The summed E-state index contributed by atoms with van der Waals surface area (Å²) in [5, 5.41) is 0. The molecule has 0 aliphatic heterocycles. The topological polar surface area (TPSA) is 0 Å². The molecule has 0 heterocycles. The molecule has 0 nitrogen and oxygen atoms in total. The third-order valence-electron chi connectivity index (χ3n) is 0. The molecular formula is Cl6Zn. The molecular weight excluding hydrogens is 278 g/mol. The summed E-state index contributed by atoms with van der Waals surface area (Å²) in [5.74, 6) is 0. The Hall–Kier alpha value is 2.36. The third kappa shape index (κ3) is 60.6. The molecule has 0 aromatic rings. The second kappa shape index (κ2) is 1.50. The van der Waals surface area contributed by atoms with Gasteiger partial charge in [0.05, 0.1) is 0 Å². The van der Waals surface area contributed by atoms with Crippen molar-refractivity contribution in [2.45, 2.75) is 0 Å². The molecule has 7 heavy (non-hydrogen) atoms. The van der Waals surface area contributed by atoms with Gasteiger partial charge in [-0.05, 0) is 0 Å². The van der Waals surface area contributed by atoms with Gasteiger partial charge in [0.15, 0.2) is 0 Å². The van der Waals surface area contributed by atoms with Gasteiger partial charge in [0, 0.05) is 0 Å². The summed E-state index contributed by atoms with van der Waals surface area (Å²) >= 11 is 0. The first-order chi connectivity index (χ1) is 2.45. The van der Waals surface area contributed by atoms with Crippen LogP contribution in [0.4, 0.5) is 0 Å². The van der Waals surface area contributed by atoms with Crippen molar-refractivity contribution in [2.24, 2.45) is 0 Å². The average molecular weight is 278 g/mol. The summed E-state index contributed by atoms with van der Waals surface area (Å²) in [5.41, 5.74) is 0. The normalized spacial score (nSPS) is 18.0. The van der Waals surface area contributed by atoms with Crippen LogP contribution in [0.25, 0.3) is 0 Å². The van der Waals surface area contributed by atoms with Gasteiger partial charge in [-0.3, -0.25) is 0 Å². The molecule has 0 atom stereocenters. The van der Waals surface area contributed by atoms with E-state index >= 15 is 0 Å². The predicted octanol–water partition coefficient (Wildman–Crippen LogP) is 4.13. The van der Waals surface area contributed by atoms with Gasteiger partial charge in [-0.25, -0.2) is 0 Å². The van der Waals surface area contributed by atoms with E-state index in [1.54, 1.807) is 0 Å². The van der Waals surface area contributed by atoms with Crippen molar-refractivity contribution in [3.8, 4) is 0 Å². The quantitative estimate of drug-likeness (QED) is 0.584. The van der Waals surface area contributed by atoms with Crippen LogP contribution >= 0.6 is 58.1 Å². The van der Waals surface area contributed by atoms with E-state index in [0.717, 1.165) is 0 Å². The maximum absolute atomic E-state index is 5.54. The molecule has 0 aliphatic carbocycles. The molecule has 0 saturated heterocycles. The zero-order chi connectivity index (χ0) is 6.41. The second-order valence-corrected chi connectivity index (χ2v) is 70.9. The number of hydrogen-bond acceptors (Lipinski definition) is 0. The van der Waals surface area contributed by atoms with Crippen LogP contribution in [0, 0.1) is 0 Å². The van der Waals surface area contributed by atoms with E-state index in [9.17, 15) is 0 Å². The third-order valence-corrected chi connectivity index (χ3v) is 0. The first-order valence-electron chi connectivity index (χ1n) is 1.60. The predicted molar refractivity (Wildman–Crippen MR) is 35.1 cm³/mol. The molecule has 0 spiro atoms. The molecule has 0 N–H and O–H groups in total. The van der Waals surface area contributed by atoms with Gasteiger partial charge in [0.2, 0.25) is 0 Å². The standard InChI is InChI=1S/6ClH.Zn/h6*1H;/q;;;;;;+6/p-6. The summed E-state index contributed by atoms with van der Waals surface area (Å²) in [6.45, 7) is -5.54.